The van der Waals surface area contributed by atoms with Gasteiger partial charge in [0.05, 0.1) is 0 Å². The van der Waals surface area contributed by atoms with E-state index in [4.69, 9.17) is 0 Å². The Hall–Kier alpha value is -1.85. The molecule has 18 heavy (non-hydrogen) atoms. The van der Waals surface area contributed by atoms with Crippen LogP contribution in [-0.2, 0) is 4.79 Å². The molecule has 0 saturated heterocycles. The standard InChI is InChI=1S/C12H19N5O/c1-2-13-10-7-11(17-8-16-10)14-5-6-15-12(18)9-3-4-9/h7-9H,2-6H2,1H3,(H,15,18)(H2,13,14,16,17). The number of hydrogen-bond donors (Lipinski definition) is 3. The normalized spacial score (nSPS) is 14.1. The van der Waals surface area contributed by atoms with Crippen molar-refractivity contribution in [1.82, 2.24) is 15.3 Å². The van der Waals surface area contributed by atoms with Crippen LogP contribution in [0.1, 0.15) is 19.8 Å². The molecular formula is C12H19N5O. The van der Waals surface area contributed by atoms with Crippen molar-refractivity contribution in [2.45, 2.75) is 19.8 Å². The second kappa shape index (κ2) is 6.18. The smallest absolute Gasteiger partial charge is 0.223 e. The summed E-state index contributed by atoms with van der Waals surface area (Å²) in [4.78, 5) is 19.6. The number of anilines is 2. The van der Waals surface area contributed by atoms with Gasteiger partial charge in [-0.1, -0.05) is 0 Å². The topological polar surface area (TPSA) is 78.9 Å². The molecule has 1 amide bonds. The molecule has 0 spiro atoms. The van der Waals surface area contributed by atoms with E-state index in [0.29, 0.717) is 13.1 Å². The molecule has 1 aromatic rings. The van der Waals surface area contributed by atoms with Crippen LogP contribution in [0.5, 0.6) is 0 Å². The Balaban J connectivity index is 1.68. The Morgan fingerprint density at radius 3 is 2.67 bits per heavy atom. The van der Waals surface area contributed by atoms with Crippen LogP contribution in [0.2, 0.25) is 0 Å². The maximum atomic E-state index is 11.4. The zero-order valence-electron chi connectivity index (χ0n) is 10.6. The zero-order chi connectivity index (χ0) is 12.8. The molecule has 0 aromatic carbocycles. The zero-order valence-corrected chi connectivity index (χ0v) is 10.6. The first-order valence-corrected chi connectivity index (χ1v) is 6.37. The molecular weight excluding hydrogens is 230 g/mol. The van der Waals surface area contributed by atoms with E-state index < -0.39 is 0 Å². The summed E-state index contributed by atoms with van der Waals surface area (Å²) in [6, 6.07) is 1.85. The lowest BCUT2D eigenvalue weighted by Crippen LogP contribution is -2.29. The van der Waals surface area contributed by atoms with Crippen LogP contribution in [0.25, 0.3) is 0 Å². The Labute approximate surface area is 107 Å². The van der Waals surface area contributed by atoms with Crippen LogP contribution >= 0.6 is 0 Å². The van der Waals surface area contributed by atoms with Crippen molar-refractivity contribution < 1.29 is 4.79 Å². The Morgan fingerprint density at radius 1 is 1.28 bits per heavy atom. The fourth-order valence-corrected chi connectivity index (χ4v) is 1.60. The monoisotopic (exact) mass is 249 g/mol. The molecule has 0 radical (unpaired) electrons. The van der Waals surface area contributed by atoms with Crippen LogP contribution in [0.15, 0.2) is 12.4 Å². The van der Waals surface area contributed by atoms with Crippen molar-refractivity contribution >= 4 is 17.5 Å². The highest BCUT2D eigenvalue weighted by molar-refractivity contribution is 5.80. The molecule has 1 fully saturated rings. The first-order valence-electron chi connectivity index (χ1n) is 6.37. The summed E-state index contributed by atoms with van der Waals surface area (Å²) < 4.78 is 0. The van der Waals surface area contributed by atoms with E-state index >= 15 is 0 Å². The molecule has 6 nitrogen and oxygen atoms in total. The molecule has 2 rings (SSSR count). The predicted molar refractivity (Wildman–Crippen MR) is 70.4 cm³/mol. The van der Waals surface area contributed by atoms with Gasteiger partial charge in [0.15, 0.2) is 0 Å². The van der Waals surface area contributed by atoms with Crippen molar-refractivity contribution in [3.63, 3.8) is 0 Å². The SMILES string of the molecule is CCNc1cc(NCCNC(=O)C2CC2)ncn1. The summed E-state index contributed by atoms with van der Waals surface area (Å²) in [5.41, 5.74) is 0. The Morgan fingerprint density at radius 2 is 2.00 bits per heavy atom. The molecule has 1 aromatic heterocycles. The maximum absolute atomic E-state index is 11.4. The van der Waals surface area contributed by atoms with Gasteiger partial charge in [0, 0.05) is 31.6 Å². The molecule has 1 heterocycles. The van der Waals surface area contributed by atoms with Crippen molar-refractivity contribution in [1.29, 1.82) is 0 Å². The first-order chi connectivity index (χ1) is 8.79. The van der Waals surface area contributed by atoms with E-state index in [1.165, 1.54) is 6.33 Å². The first kappa shape index (κ1) is 12.6. The predicted octanol–water partition coefficient (Wildman–Crippen LogP) is 0.846. The van der Waals surface area contributed by atoms with Gasteiger partial charge in [-0.15, -0.1) is 0 Å². The number of hydrogen-bond acceptors (Lipinski definition) is 5. The van der Waals surface area contributed by atoms with Gasteiger partial charge in [0.2, 0.25) is 5.91 Å². The van der Waals surface area contributed by atoms with E-state index in [0.717, 1.165) is 31.0 Å². The molecule has 3 N–H and O–H groups in total. The molecule has 0 aliphatic heterocycles. The van der Waals surface area contributed by atoms with Crippen LogP contribution in [0.3, 0.4) is 0 Å². The third kappa shape index (κ3) is 3.87. The van der Waals surface area contributed by atoms with Crippen molar-refractivity contribution in [3.05, 3.63) is 12.4 Å². The van der Waals surface area contributed by atoms with Gasteiger partial charge in [-0.25, -0.2) is 9.97 Å². The highest BCUT2D eigenvalue weighted by Crippen LogP contribution is 2.28. The van der Waals surface area contributed by atoms with Crippen LogP contribution in [0.4, 0.5) is 11.6 Å². The number of carbonyl (C=O) groups excluding carboxylic acids is 1. The highest BCUT2D eigenvalue weighted by Gasteiger charge is 2.28. The summed E-state index contributed by atoms with van der Waals surface area (Å²) in [5.74, 6) is 2.01. The summed E-state index contributed by atoms with van der Waals surface area (Å²) >= 11 is 0. The van der Waals surface area contributed by atoms with Crippen LogP contribution < -0.4 is 16.0 Å². The largest absolute Gasteiger partial charge is 0.370 e. The van der Waals surface area contributed by atoms with Crippen molar-refractivity contribution in [3.8, 4) is 0 Å². The summed E-state index contributed by atoms with van der Waals surface area (Å²) in [6.45, 7) is 4.13. The Kier molecular flexibility index (Phi) is 4.33. The molecule has 0 bridgehead atoms. The number of amides is 1. The number of aromatic nitrogens is 2. The summed E-state index contributed by atoms with van der Waals surface area (Å²) in [7, 11) is 0. The van der Waals surface area contributed by atoms with Gasteiger partial charge < -0.3 is 16.0 Å². The van der Waals surface area contributed by atoms with Crippen LogP contribution in [-0.4, -0.2) is 35.5 Å². The van der Waals surface area contributed by atoms with Gasteiger partial charge in [-0.2, -0.15) is 0 Å². The third-order valence-corrected chi connectivity index (χ3v) is 2.70. The lowest BCUT2D eigenvalue weighted by molar-refractivity contribution is -0.122. The van der Waals surface area contributed by atoms with Gasteiger partial charge in [-0.3, -0.25) is 4.79 Å². The average Bonchev–Trinajstić information content (AvgIpc) is 3.19. The second-order valence-corrected chi connectivity index (χ2v) is 4.31. The van der Waals surface area contributed by atoms with Gasteiger partial charge in [0.25, 0.3) is 0 Å². The van der Waals surface area contributed by atoms with Crippen molar-refractivity contribution in [2.75, 3.05) is 30.3 Å². The fraction of sp³-hybridized carbons (Fsp3) is 0.583. The molecule has 6 heteroatoms. The lowest BCUT2D eigenvalue weighted by atomic mass is 10.4. The van der Waals surface area contributed by atoms with E-state index in [2.05, 4.69) is 25.9 Å². The fourth-order valence-electron chi connectivity index (χ4n) is 1.60. The molecule has 1 aliphatic rings. The van der Waals surface area contributed by atoms with E-state index in [9.17, 15) is 4.79 Å². The molecule has 0 unspecified atom stereocenters. The summed E-state index contributed by atoms with van der Waals surface area (Å²) in [6.07, 6.45) is 3.59. The minimum atomic E-state index is 0.174. The van der Waals surface area contributed by atoms with Gasteiger partial charge in [-0.05, 0) is 19.8 Å². The van der Waals surface area contributed by atoms with E-state index in [1.54, 1.807) is 0 Å². The van der Waals surface area contributed by atoms with Crippen LogP contribution in [0, 0.1) is 5.92 Å². The molecule has 1 aliphatic carbocycles. The highest BCUT2D eigenvalue weighted by atomic mass is 16.2. The number of nitrogens with one attached hydrogen (secondary N) is 3. The minimum absolute atomic E-state index is 0.174. The minimum Gasteiger partial charge on any atom is -0.370 e. The quantitative estimate of drug-likeness (QED) is 0.624. The molecule has 98 valence electrons. The third-order valence-electron chi connectivity index (χ3n) is 2.70. The van der Waals surface area contributed by atoms with E-state index in [-0.39, 0.29) is 11.8 Å². The average molecular weight is 249 g/mol. The van der Waals surface area contributed by atoms with Gasteiger partial charge in [0.1, 0.15) is 18.0 Å². The number of nitrogens with zero attached hydrogens (tertiary/aromatic N) is 2. The van der Waals surface area contributed by atoms with Gasteiger partial charge >= 0.3 is 0 Å². The maximum Gasteiger partial charge on any atom is 0.223 e. The Bertz CT molecular complexity index is 405. The van der Waals surface area contributed by atoms with Crippen molar-refractivity contribution in [2.24, 2.45) is 5.92 Å². The number of rotatable bonds is 7. The summed E-state index contributed by atoms with van der Waals surface area (Å²) in [5, 5.41) is 9.17. The second-order valence-electron chi connectivity index (χ2n) is 4.31. The molecule has 0 atom stereocenters. The number of carbonyl (C=O) groups is 1. The molecule has 1 saturated carbocycles. The lowest BCUT2D eigenvalue weighted by Gasteiger charge is -2.08. The van der Waals surface area contributed by atoms with E-state index in [1.807, 2.05) is 13.0 Å².